The molecule has 1 amide bonds. The molecule has 21 heavy (non-hydrogen) atoms. The first-order valence-corrected chi connectivity index (χ1v) is 7.23. The molecule has 110 valence electrons. The van der Waals surface area contributed by atoms with Crippen molar-refractivity contribution < 1.29 is 4.79 Å². The second-order valence-corrected chi connectivity index (χ2v) is 5.38. The number of nitrogens with one attached hydrogen (secondary N) is 1. The van der Waals surface area contributed by atoms with E-state index in [-0.39, 0.29) is 5.91 Å². The highest BCUT2D eigenvalue weighted by Crippen LogP contribution is 2.13. The van der Waals surface area contributed by atoms with E-state index in [0.717, 1.165) is 17.7 Å². The molecule has 0 aliphatic carbocycles. The molecule has 2 aromatic rings. The van der Waals surface area contributed by atoms with E-state index in [0.29, 0.717) is 13.0 Å². The quantitative estimate of drug-likeness (QED) is 0.885. The minimum Gasteiger partial charge on any atom is -0.330 e. The van der Waals surface area contributed by atoms with Crippen LogP contribution in [0.1, 0.15) is 22.3 Å². The van der Waals surface area contributed by atoms with Gasteiger partial charge in [0.25, 0.3) is 0 Å². The van der Waals surface area contributed by atoms with Crippen molar-refractivity contribution >= 4 is 11.6 Å². The summed E-state index contributed by atoms with van der Waals surface area (Å²) in [6.45, 7) is 4.77. The van der Waals surface area contributed by atoms with Crippen LogP contribution in [0, 0.1) is 13.8 Å². The first kappa shape index (κ1) is 15.3. The molecule has 0 aliphatic heterocycles. The average molecular weight is 282 g/mol. The molecule has 0 saturated carbocycles. The van der Waals surface area contributed by atoms with Crippen LogP contribution >= 0.6 is 0 Å². The molecule has 2 rings (SSSR count). The third-order valence-corrected chi connectivity index (χ3v) is 3.61. The molecule has 0 aliphatic rings. The van der Waals surface area contributed by atoms with E-state index in [1.54, 1.807) is 0 Å². The van der Waals surface area contributed by atoms with Gasteiger partial charge in [0.1, 0.15) is 0 Å². The molecule has 0 spiro atoms. The van der Waals surface area contributed by atoms with Gasteiger partial charge in [0, 0.05) is 5.69 Å². The number of carbonyl (C=O) groups is 1. The van der Waals surface area contributed by atoms with Gasteiger partial charge in [-0.05, 0) is 61.2 Å². The first-order chi connectivity index (χ1) is 10.1. The van der Waals surface area contributed by atoms with Crippen LogP contribution in [0.2, 0.25) is 0 Å². The van der Waals surface area contributed by atoms with E-state index in [2.05, 4.69) is 31.3 Å². The number of benzene rings is 2. The number of anilines is 1. The molecule has 0 bridgehead atoms. The van der Waals surface area contributed by atoms with Gasteiger partial charge in [-0.15, -0.1) is 0 Å². The second kappa shape index (κ2) is 7.04. The van der Waals surface area contributed by atoms with Crippen LogP contribution in [0.4, 0.5) is 5.69 Å². The Bertz CT molecular complexity index is 618. The maximum atomic E-state index is 12.1. The second-order valence-electron chi connectivity index (χ2n) is 5.38. The van der Waals surface area contributed by atoms with E-state index in [4.69, 9.17) is 5.73 Å². The van der Waals surface area contributed by atoms with Crippen molar-refractivity contribution in [3.63, 3.8) is 0 Å². The molecule has 3 nitrogen and oxygen atoms in total. The Kier molecular flexibility index (Phi) is 5.12. The van der Waals surface area contributed by atoms with Crippen molar-refractivity contribution in [1.29, 1.82) is 0 Å². The van der Waals surface area contributed by atoms with Gasteiger partial charge in [-0.3, -0.25) is 4.79 Å². The summed E-state index contributed by atoms with van der Waals surface area (Å²) in [4.78, 5) is 12.1. The van der Waals surface area contributed by atoms with Crippen LogP contribution in [-0.2, 0) is 17.6 Å². The molecule has 0 aromatic heterocycles. The number of nitrogens with two attached hydrogens (primary N) is 1. The third-order valence-electron chi connectivity index (χ3n) is 3.61. The van der Waals surface area contributed by atoms with Crippen LogP contribution < -0.4 is 11.1 Å². The van der Waals surface area contributed by atoms with E-state index >= 15 is 0 Å². The Hall–Kier alpha value is -2.13. The lowest BCUT2D eigenvalue weighted by Gasteiger charge is -2.08. The summed E-state index contributed by atoms with van der Waals surface area (Å²) < 4.78 is 0. The monoisotopic (exact) mass is 282 g/mol. The van der Waals surface area contributed by atoms with Crippen molar-refractivity contribution in [2.45, 2.75) is 26.7 Å². The summed E-state index contributed by atoms with van der Waals surface area (Å²) in [6.07, 6.45) is 1.25. The minimum atomic E-state index is 0.00447. The molecular weight excluding hydrogens is 260 g/mol. The molecule has 2 aromatic carbocycles. The van der Waals surface area contributed by atoms with Gasteiger partial charge < -0.3 is 11.1 Å². The fourth-order valence-corrected chi connectivity index (χ4v) is 2.23. The third kappa shape index (κ3) is 4.43. The van der Waals surface area contributed by atoms with E-state index in [1.807, 2.05) is 30.3 Å². The highest BCUT2D eigenvalue weighted by Gasteiger charge is 2.05. The van der Waals surface area contributed by atoms with Crippen molar-refractivity contribution in [3.05, 3.63) is 64.7 Å². The number of aryl methyl sites for hydroxylation is 2. The maximum absolute atomic E-state index is 12.1. The Morgan fingerprint density at radius 1 is 1.00 bits per heavy atom. The summed E-state index contributed by atoms with van der Waals surface area (Å²) in [7, 11) is 0. The summed E-state index contributed by atoms with van der Waals surface area (Å²) in [5.41, 5.74) is 11.0. The molecule has 0 saturated heterocycles. The van der Waals surface area contributed by atoms with Crippen LogP contribution in [0.25, 0.3) is 0 Å². The van der Waals surface area contributed by atoms with Crippen LogP contribution in [-0.4, -0.2) is 12.5 Å². The number of carbonyl (C=O) groups excluding carboxylic acids is 1. The summed E-state index contributed by atoms with van der Waals surface area (Å²) in [5, 5.41) is 2.92. The average Bonchev–Trinajstić information content (AvgIpc) is 2.45. The van der Waals surface area contributed by atoms with Crippen molar-refractivity contribution in [2.24, 2.45) is 5.73 Å². The van der Waals surface area contributed by atoms with Gasteiger partial charge in [-0.25, -0.2) is 0 Å². The summed E-state index contributed by atoms with van der Waals surface area (Å²) >= 11 is 0. The van der Waals surface area contributed by atoms with Gasteiger partial charge >= 0.3 is 0 Å². The zero-order valence-electron chi connectivity index (χ0n) is 12.6. The normalized spacial score (nSPS) is 10.4. The molecule has 3 heteroatoms. The standard InChI is InChI=1S/C18H22N2O/c1-13-3-4-16(11-14(13)2)12-18(21)20-17-7-5-15(6-8-17)9-10-19/h3-8,11H,9-10,12,19H2,1-2H3,(H,20,21). The van der Waals surface area contributed by atoms with Crippen LogP contribution in [0.5, 0.6) is 0 Å². The fourth-order valence-electron chi connectivity index (χ4n) is 2.23. The van der Waals surface area contributed by atoms with E-state index in [9.17, 15) is 4.79 Å². The smallest absolute Gasteiger partial charge is 0.228 e. The molecule has 0 fully saturated rings. The predicted molar refractivity (Wildman–Crippen MR) is 87.5 cm³/mol. The Morgan fingerprint density at radius 3 is 2.29 bits per heavy atom. The van der Waals surface area contributed by atoms with Crippen LogP contribution in [0.15, 0.2) is 42.5 Å². The van der Waals surface area contributed by atoms with Crippen LogP contribution in [0.3, 0.4) is 0 Å². The van der Waals surface area contributed by atoms with Gasteiger partial charge in [-0.2, -0.15) is 0 Å². The topological polar surface area (TPSA) is 55.1 Å². The summed E-state index contributed by atoms with van der Waals surface area (Å²) in [5.74, 6) is 0.00447. The van der Waals surface area contributed by atoms with Crippen molar-refractivity contribution in [2.75, 3.05) is 11.9 Å². The zero-order chi connectivity index (χ0) is 15.2. The molecule has 0 unspecified atom stereocenters. The first-order valence-electron chi connectivity index (χ1n) is 7.23. The maximum Gasteiger partial charge on any atom is 0.228 e. The van der Waals surface area contributed by atoms with Crippen molar-refractivity contribution in [3.8, 4) is 0 Å². The van der Waals surface area contributed by atoms with Gasteiger partial charge in [0.15, 0.2) is 0 Å². The van der Waals surface area contributed by atoms with Gasteiger partial charge in [0.05, 0.1) is 6.42 Å². The van der Waals surface area contributed by atoms with Gasteiger partial charge in [0.2, 0.25) is 5.91 Å². The lowest BCUT2D eigenvalue weighted by Crippen LogP contribution is -2.14. The number of amides is 1. The highest BCUT2D eigenvalue weighted by atomic mass is 16.1. The Balaban J connectivity index is 1.96. The highest BCUT2D eigenvalue weighted by molar-refractivity contribution is 5.92. The molecule has 0 heterocycles. The minimum absolute atomic E-state index is 0.00447. The molecule has 0 radical (unpaired) electrons. The van der Waals surface area contributed by atoms with Gasteiger partial charge in [-0.1, -0.05) is 30.3 Å². The van der Waals surface area contributed by atoms with E-state index in [1.165, 1.54) is 16.7 Å². The lowest BCUT2D eigenvalue weighted by atomic mass is 10.0. The molecular formula is C18H22N2O. The summed E-state index contributed by atoms with van der Waals surface area (Å²) in [6, 6.07) is 14.0. The van der Waals surface area contributed by atoms with Crippen molar-refractivity contribution in [1.82, 2.24) is 0 Å². The number of hydrogen-bond acceptors (Lipinski definition) is 2. The SMILES string of the molecule is Cc1ccc(CC(=O)Nc2ccc(CCN)cc2)cc1C. The predicted octanol–water partition coefficient (Wildman–Crippen LogP) is 2.99. The zero-order valence-corrected chi connectivity index (χ0v) is 12.6. The Labute approximate surface area is 126 Å². The van der Waals surface area contributed by atoms with E-state index < -0.39 is 0 Å². The number of rotatable bonds is 5. The lowest BCUT2D eigenvalue weighted by molar-refractivity contribution is -0.115. The Morgan fingerprint density at radius 2 is 1.67 bits per heavy atom. The molecule has 0 atom stereocenters. The largest absolute Gasteiger partial charge is 0.330 e. The fraction of sp³-hybridized carbons (Fsp3) is 0.278. The number of hydrogen-bond donors (Lipinski definition) is 2. The molecule has 3 N–H and O–H groups in total.